The van der Waals surface area contributed by atoms with Crippen molar-refractivity contribution in [3.63, 3.8) is 0 Å². The predicted molar refractivity (Wildman–Crippen MR) is 93.0 cm³/mol. The molecule has 0 aliphatic carbocycles. The zero-order valence-corrected chi connectivity index (χ0v) is 15.0. The first-order chi connectivity index (χ1) is 11.2. The summed E-state index contributed by atoms with van der Waals surface area (Å²) in [5.41, 5.74) is 0.537. The van der Waals surface area contributed by atoms with Gasteiger partial charge < -0.3 is 5.11 Å². The van der Waals surface area contributed by atoms with Crippen LogP contribution in [0.4, 0.5) is 0 Å². The second-order valence-corrected chi connectivity index (χ2v) is 8.04. The molecule has 0 amide bonds. The molecule has 0 saturated carbocycles. The lowest BCUT2D eigenvalue weighted by Crippen LogP contribution is -2.43. The zero-order valence-electron chi connectivity index (χ0n) is 12.7. The third-order valence-electron chi connectivity index (χ3n) is 3.50. The van der Waals surface area contributed by atoms with E-state index in [4.69, 9.17) is 23.2 Å². The van der Waals surface area contributed by atoms with E-state index in [2.05, 4.69) is 0 Å². The van der Waals surface area contributed by atoms with Crippen molar-refractivity contribution in [1.29, 1.82) is 0 Å². The predicted octanol–water partition coefficient (Wildman–Crippen LogP) is 3.31. The standard InChI is InChI=1S/C16H15Cl2NO4S/c1-19(24(22,23)14-5-3-2-4-6-14)15(16(20)21)9-11-7-12(17)10-13(18)8-11/h2-8,10,15H,9H2,1H3,(H,20,21)/t15-/m1/s1. The number of nitrogens with zero attached hydrogens (tertiary/aromatic N) is 1. The molecule has 2 aromatic carbocycles. The van der Waals surface area contributed by atoms with E-state index in [1.54, 1.807) is 30.3 Å². The summed E-state index contributed by atoms with van der Waals surface area (Å²) < 4.78 is 26.1. The van der Waals surface area contributed by atoms with E-state index in [0.717, 1.165) is 4.31 Å². The highest BCUT2D eigenvalue weighted by Crippen LogP contribution is 2.23. The highest BCUT2D eigenvalue weighted by atomic mass is 35.5. The summed E-state index contributed by atoms with van der Waals surface area (Å²) in [5.74, 6) is -1.26. The maximum Gasteiger partial charge on any atom is 0.322 e. The van der Waals surface area contributed by atoms with Gasteiger partial charge in [-0.2, -0.15) is 4.31 Å². The molecular weight excluding hydrogens is 373 g/mol. The summed E-state index contributed by atoms with van der Waals surface area (Å²) >= 11 is 11.8. The number of rotatable bonds is 6. The van der Waals surface area contributed by atoms with Crippen LogP contribution in [0.1, 0.15) is 5.56 Å². The van der Waals surface area contributed by atoms with Crippen molar-refractivity contribution in [3.05, 3.63) is 64.1 Å². The molecule has 0 radical (unpaired) electrons. The van der Waals surface area contributed by atoms with Gasteiger partial charge in [0.05, 0.1) is 4.90 Å². The third-order valence-corrected chi connectivity index (χ3v) is 5.81. The molecule has 0 heterocycles. The molecule has 24 heavy (non-hydrogen) atoms. The Morgan fingerprint density at radius 3 is 2.17 bits per heavy atom. The van der Waals surface area contributed by atoms with Gasteiger partial charge in [0.2, 0.25) is 10.0 Å². The van der Waals surface area contributed by atoms with Crippen LogP contribution >= 0.6 is 23.2 Å². The van der Waals surface area contributed by atoms with E-state index in [-0.39, 0.29) is 11.3 Å². The van der Waals surface area contributed by atoms with Crippen LogP contribution < -0.4 is 0 Å². The van der Waals surface area contributed by atoms with Gasteiger partial charge in [0.25, 0.3) is 0 Å². The molecule has 128 valence electrons. The van der Waals surface area contributed by atoms with Gasteiger partial charge in [-0.25, -0.2) is 8.42 Å². The molecule has 5 nitrogen and oxygen atoms in total. The molecule has 0 spiro atoms. The molecule has 1 atom stereocenters. The van der Waals surface area contributed by atoms with Crippen LogP contribution in [-0.4, -0.2) is 36.9 Å². The van der Waals surface area contributed by atoms with Crippen molar-refractivity contribution in [3.8, 4) is 0 Å². The van der Waals surface area contributed by atoms with E-state index in [1.165, 1.54) is 25.2 Å². The largest absolute Gasteiger partial charge is 0.480 e. The van der Waals surface area contributed by atoms with Crippen molar-refractivity contribution >= 4 is 39.2 Å². The van der Waals surface area contributed by atoms with Crippen LogP contribution in [0.15, 0.2) is 53.4 Å². The molecule has 0 unspecified atom stereocenters. The number of halogens is 2. The minimum atomic E-state index is -3.94. The Hall–Kier alpha value is -1.60. The van der Waals surface area contributed by atoms with Gasteiger partial charge in [0.15, 0.2) is 0 Å². The number of likely N-dealkylation sites (N-methyl/N-ethyl adjacent to an activating group) is 1. The second kappa shape index (κ2) is 7.53. The average molecular weight is 388 g/mol. The van der Waals surface area contributed by atoms with Gasteiger partial charge in [0, 0.05) is 17.1 Å². The molecule has 2 rings (SSSR count). The Kier molecular flexibility index (Phi) is 5.87. The van der Waals surface area contributed by atoms with Gasteiger partial charge in [0.1, 0.15) is 6.04 Å². The fraction of sp³-hybridized carbons (Fsp3) is 0.188. The van der Waals surface area contributed by atoms with Crippen LogP contribution in [0.2, 0.25) is 10.0 Å². The molecule has 2 aromatic rings. The number of hydrogen-bond donors (Lipinski definition) is 1. The van der Waals surface area contributed by atoms with E-state index in [9.17, 15) is 18.3 Å². The lowest BCUT2D eigenvalue weighted by Gasteiger charge is -2.24. The maximum atomic E-state index is 12.6. The molecule has 1 N–H and O–H groups in total. The van der Waals surface area contributed by atoms with E-state index in [0.29, 0.717) is 15.6 Å². The minimum Gasteiger partial charge on any atom is -0.480 e. The lowest BCUT2D eigenvalue weighted by atomic mass is 10.1. The molecule has 0 aliphatic heterocycles. The Balaban J connectivity index is 2.35. The summed E-state index contributed by atoms with van der Waals surface area (Å²) in [5, 5.41) is 10.2. The zero-order chi connectivity index (χ0) is 17.9. The van der Waals surface area contributed by atoms with Crippen molar-refractivity contribution in [2.75, 3.05) is 7.05 Å². The summed E-state index contributed by atoms with van der Waals surface area (Å²) in [6.45, 7) is 0. The van der Waals surface area contributed by atoms with Gasteiger partial charge in [-0.3, -0.25) is 4.79 Å². The second-order valence-electron chi connectivity index (χ2n) is 5.17. The highest BCUT2D eigenvalue weighted by Gasteiger charge is 2.33. The molecule has 0 saturated heterocycles. The first-order valence-electron chi connectivity index (χ1n) is 6.92. The monoisotopic (exact) mass is 387 g/mol. The van der Waals surface area contributed by atoms with Crippen LogP contribution in [0.25, 0.3) is 0 Å². The average Bonchev–Trinajstić information content (AvgIpc) is 2.51. The van der Waals surface area contributed by atoms with Crippen LogP contribution in [0.3, 0.4) is 0 Å². The molecule has 8 heteroatoms. The van der Waals surface area contributed by atoms with Gasteiger partial charge in [-0.1, -0.05) is 41.4 Å². The van der Waals surface area contributed by atoms with Gasteiger partial charge in [-0.05, 0) is 42.3 Å². The van der Waals surface area contributed by atoms with Crippen LogP contribution in [0, 0.1) is 0 Å². The number of carboxylic acid groups (broad SMARTS) is 1. The quantitative estimate of drug-likeness (QED) is 0.824. The molecule has 0 fully saturated rings. The molecule has 0 aliphatic rings. The fourth-order valence-corrected chi connectivity index (χ4v) is 4.15. The van der Waals surface area contributed by atoms with Crippen molar-refractivity contribution in [1.82, 2.24) is 4.31 Å². The number of benzene rings is 2. The van der Waals surface area contributed by atoms with E-state index in [1.807, 2.05) is 0 Å². The van der Waals surface area contributed by atoms with Crippen LogP contribution in [0.5, 0.6) is 0 Å². The van der Waals surface area contributed by atoms with Gasteiger partial charge in [-0.15, -0.1) is 0 Å². The van der Waals surface area contributed by atoms with Crippen molar-refractivity contribution in [2.24, 2.45) is 0 Å². The lowest BCUT2D eigenvalue weighted by molar-refractivity contribution is -0.141. The number of carboxylic acids is 1. The summed E-state index contributed by atoms with van der Waals surface area (Å²) in [6.07, 6.45) is -0.0574. The fourth-order valence-electron chi connectivity index (χ4n) is 2.25. The van der Waals surface area contributed by atoms with Crippen molar-refractivity contribution in [2.45, 2.75) is 17.4 Å². The number of aliphatic carboxylic acids is 1. The van der Waals surface area contributed by atoms with Crippen LogP contribution in [-0.2, 0) is 21.2 Å². The Bertz CT molecular complexity index is 820. The number of hydrogen-bond acceptors (Lipinski definition) is 3. The Labute approximate surface area is 150 Å². The number of carbonyl (C=O) groups is 1. The summed E-state index contributed by atoms with van der Waals surface area (Å²) in [7, 11) is -2.69. The topological polar surface area (TPSA) is 74.7 Å². The normalized spacial score (nSPS) is 13.0. The molecular formula is C16H15Cl2NO4S. The first kappa shape index (κ1) is 18.7. The first-order valence-corrected chi connectivity index (χ1v) is 9.12. The SMILES string of the molecule is CN([C@H](Cc1cc(Cl)cc(Cl)c1)C(=O)O)S(=O)(=O)c1ccccc1. The van der Waals surface area contributed by atoms with Crippen molar-refractivity contribution < 1.29 is 18.3 Å². The Morgan fingerprint density at radius 1 is 1.12 bits per heavy atom. The Morgan fingerprint density at radius 2 is 1.67 bits per heavy atom. The highest BCUT2D eigenvalue weighted by molar-refractivity contribution is 7.89. The van der Waals surface area contributed by atoms with Gasteiger partial charge >= 0.3 is 5.97 Å². The molecule has 0 aromatic heterocycles. The molecule has 0 bridgehead atoms. The van der Waals surface area contributed by atoms with E-state index < -0.39 is 22.0 Å². The summed E-state index contributed by atoms with van der Waals surface area (Å²) in [4.78, 5) is 11.7. The summed E-state index contributed by atoms with van der Waals surface area (Å²) in [6, 6.07) is 11.0. The minimum absolute atomic E-state index is 0.0304. The maximum absolute atomic E-state index is 12.6. The third kappa shape index (κ3) is 4.27. The number of sulfonamides is 1. The smallest absolute Gasteiger partial charge is 0.322 e. The van der Waals surface area contributed by atoms with E-state index >= 15 is 0 Å².